The molecule has 0 aliphatic carbocycles. The smallest absolute Gasteiger partial charge is 0.183 e. The summed E-state index contributed by atoms with van der Waals surface area (Å²) in [6.45, 7) is 0. The molecule has 7 heteroatoms. The van der Waals surface area contributed by atoms with Gasteiger partial charge in [-0.25, -0.2) is 13.2 Å². The summed E-state index contributed by atoms with van der Waals surface area (Å²) in [5.74, 6) is -3.35. The van der Waals surface area contributed by atoms with Crippen LogP contribution >= 0.6 is 23.8 Å². The van der Waals surface area contributed by atoms with E-state index >= 15 is 0 Å². The van der Waals surface area contributed by atoms with Gasteiger partial charge in [0.15, 0.2) is 16.4 Å². The topological polar surface area (TPSA) is 20.7 Å². The van der Waals surface area contributed by atoms with Crippen molar-refractivity contribution >= 4 is 34.9 Å². The highest BCUT2D eigenvalue weighted by atomic mass is 35.5. The molecule has 0 aliphatic rings. The summed E-state index contributed by atoms with van der Waals surface area (Å²) < 4.78 is 41.9. The Labute approximate surface area is 121 Å². The fourth-order valence-electron chi connectivity index (χ4n) is 2.04. The summed E-state index contributed by atoms with van der Waals surface area (Å²) in [5, 5.41) is 0.379. The maximum absolute atomic E-state index is 13.9. The molecule has 0 aliphatic heterocycles. The second kappa shape index (κ2) is 4.64. The van der Waals surface area contributed by atoms with E-state index in [2.05, 4.69) is 4.98 Å². The third kappa shape index (κ3) is 1.92. The minimum absolute atomic E-state index is 0.0944. The molecule has 0 atom stereocenters. The zero-order valence-electron chi connectivity index (χ0n) is 9.75. The van der Waals surface area contributed by atoms with Gasteiger partial charge in [0, 0.05) is 12.1 Å². The Kier molecular flexibility index (Phi) is 3.07. The van der Waals surface area contributed by atoms with Crippen molar-refractivity contribution in [3.8, 4) is 5.69 Å². The minimum atomic E-state index is -1.28. The summed E-state index contributed by atoms with van der Waals surface area (Å²) >= 11 is 11.1. The highest BCUT2D eigenvalue weighted by molar-refractivity contribution is 7.71. The van der Waals surface area contributed by atoms with Gasteiger partial charge >= 0.3 is 0 Å². The SMILES string of the molecule is Fc1cc(F)c(F)c(-n2c(=S)[nH]c3c(Cl)cccc32)c1. The largest absolute Gasteiger partial charge is 0.329 e. The van der Waals surface area contributed by atoms with Gasteiger partial charge in [-0.3, -0.25) is 4.57 Å². The lowest BCUT2D eigenvalue weighted by Gasteiger charge is -2.07. The van der Waals surface area contributed by atoms with Crippen molar-refractivity contribution < 1.29 is 13.2 Å². The first-order valence-corrected chi connectivity index (χ1v) is 6.32. The van der Waals surface area contributed by atoms with Crippen molar-refractivity contribution in [2.24, 2.45) is 0 Å². The molecule has 0 bridgehead atoms. The molecule has 0 fully saturated rings. The lowest BCUT2D eigenvalue weighted by Crippen LogP contribution is -2.01. The fourth-order valence-corrected chi connectivity index (χ4v) is 2.55. The van der Waals surface area contributed by atoms with Crippen LogP contribution in [-0.4, -0.2) is 9.55 Å². The Hall–Kier alpha value is -1.79. The lowest BCUT2D eigenvalue weighted by atomic mass is 10.2. The molecule has 0 saturated heterocycles. The number of H-pyrrole nitrogens is 1. The molecule has 0 spiro atoms. The van der Waals surface area contributed by atoms with E-state index in [-0.39, 0.29) is 10.5 Å². The second-order valence-corrected chi connectivity index (χ2v) is 4.91. The molecule has 102 valence electrons. The molecule has 20 heavy (non-hydrogen) atoms. The number of hydrogen-bond acceptors (Lipinski definition) is 1. The van der Waals surface area contributed by atoms with Crippen LogP contribution in [0.3, 0.4) is 0 Å². The van der Waals surface area contributed by atoms with Gasteiger partial charge in [-0.2, -0.15) is 0 Å². The lowest BCUT2D eigenvalue weighted by molar-refractivity contribution is 0.491. The number of aromatic nitrogens is 2. The van der Waals surface area contributed by atoms with Crippen molar-refractivity contribution in [1.82, 2.24) is 9.55 Å². The van der Waals surface area contributed by atoms with E-state index < -0.39 is 17.5 Å². The molecule has 1 heterocycles. The Bertz CT molecular complexity index is 885. The molecular formula is C13H6ClF3N2S. The third-order valence-corrected chi connectivity index (χ3v) is 3.48. The number of aromatic amines is 1. The Balaban J connectivity index is 2.45. The molecule has 2 nitrogen and oxygen atoms in total. The molecular weight excluding hydrogens is 309 g/mol. The van der Waals surface area contributed by atoms with Gasteiger partial charge in [-0.1, -0.05) is 17.7 Å². The first-order valence-electron chi connectivity index (χ1n) is 5.53. The maximum Gasteiger partial charge on any atom is 0.183 e. The molecule has 1 N–H and O–H groups in total. The fraction of sp³-hybridized carbons (Fsp3) is 0. The molecule has 0 radical (unpaired) electrons. The highest BCUT2D eigenvalue weighted by Gasteiger charge is 2.16. The van der Waals surface area contributed by atoms with E-state index in [1.165, 1.54) is 4.57 Å². The maximum atomic E-state index is 13.9. The van der Waals surface area contributed by atoms with Crippen LogP contribution in [0.15, 0.2) is 30.3 Å². The van der Waals surface area contributed by atoms with Gasteiger partial charge in [0.1, 0.15) is 5.82 Å². The summed E-state index contributed by atoms with van der Waals surface area (Å²) in [7, 11) is 0. The van der Waals surface area contributed by atoms with Crippen LogP contribution in [0, 0.1) is 22.2 Å². The van der Waals surface area contributed by atoms with Crippen molar-refractivity contribution in [2.45, 2.75) is 0 Å². The summed E-state index contributed by atoms with van der Waals surface area (Å²) in [4.78, 5) is 2.79. The number of para-hydroxylation sites is 1. The predicted octanol–water partition coefficient (Wildman–Crippen LogP) is 4.76. The molecule has 0 saturated carbocycles. The van der Waals surface area contributed by atoms with Crippen molar-refractivity contribution in [3.63, 3.8) is 0 Å². The molecule has 3 aromatic rings. The van der Waals surface area contributed by atoms with Crippen LogP contribution in [-0.2, 0) is 0 Å². The van der Waals surface area contributed by atoms with Crippen LogP contribution in [0.2, 0.25) is 5.02 Å². The van der Waals surface area contributed by atoms with Gasteiger partial charge < -0.3 is 4.98 Å². The molecule has 0 unspecified atom stereocenters. The van der Waals surface area contributed by atoms with Crippen LogP contribution in [0.5, 0.6) is 0 Å². The monoisotopic (exact) mass is 314 g/mol. The van der Waals surface area contributed by atoms with Gasteiger partial charge in [0.2, 0.25) is 0 Å². The number of hydrogen-bond donors (Lipinski definition) is 1. The Morgan fingerprint density at radius 1 is 1.15 bits per heavy atom. The minimum Gasteiger partial charge on any atom is -0.329 e. The Morgan fingerprint density at radius 3 is 2.65 bits per heavy atom. The Morgan fingerprint density at radius 2 is 1.90 bits per heavy atom. The average Bonchev–Trinajstić information content (AvgIpc) is 2.72. The third-order valence-electron chi connectivity index (χ3n) is 2.88. The number of benzene rings is 2. The van der Waals surface area contributed by atoms with Gasteiger partial charge in [0.25, 0.3) is 0 Å². The summed E-state index contributed by atoms with van der Waals surface area (Å²) in [6, 6.07) is 6.24. The van der Waals surface area contributed by atoms with Crippen molar-refractivity contribution in [3.05, 3.63) is 57.6 Å². The average molecular weight is 315 g/mol. The summed E-state index contributed by atoms with van der Waals surface area (Å²) in [6.07, 6.45) is 0. The van der Waals surface area contributed by atoms with E-state index in [0.717, 1.165) is 6.07 Å². The van der Waals surface area contributed by atoms with Crippen LogP contribution in [0.4, 0.5) is 13.2 Å². The zero-order chi connectivity index (χ0) is 14.4. The second-order valence-electron chi connectivity index (χ2n) is 4.12. The molecule has 3 rings (SSSR count). The highest BCUT2D eigenvalue weighted by Crippen LogP contribution is 2.27. The van der Waals surface area contributed by atoms with E-state index in [1.807, 2.05) is 0 Å². The number of nitrogens with zero attached hydrogens (tertiary/aromatic N) is 1. The number of halogens is 4. The van der Waals surface area contributed by atoms with Crippen molar-refractivity contribution in [1.29, 1.82) is 0 Å². The number of fused-ring (bicyclic) bond motifs is 1. The number of rotatable bonds is 1. The van der Waals surface area contributed by atoms with E-state index in [0.29, 0.717) is 22.1 Å². The molecule has 2 aromatic carbocycles. The van der Waals surface area contributed by atoms with E-state index in [9.17, 15) is 13.2 Å². The normalized spacial score (nSPS) is 11.2. The van der Waals surface area contributed by atoms with Crippen LogP contribution in [0.25, 0.3) is 16.7 Å². The van der Waals surface area contributed by atoms with E-state index in [4.69, 9.17) is 23.8 Å². The van der Waals surface area contributed by atoms with Gasteiger partial charge in [-0.05, 0) is 24.4 Å². The molecule has 1 aromatic heterocycles. The quantitative estimate of drug-likeness (QED) is 0.507. The summed E-state index contributed by atoms with van der Waals surface area (Å²) in [5.41, 5.74) is 0.607. The van der Waals surface area contributed by atoms with Gasteiger partial charge in [-0.15, -0.1) is 0 Å². The first-order chi connectivity index (χ1) is 9.49. The zero-order valence-corrected chi connectivity index (χ0v) is 11.3. The predicted molar refractivity (Wildman–Crippen MR) is 73.3 cm³/mol. The molecule has 0 amide bonds. The van der Waals surface area contributed by atoms with Crippen LogP contribution < -0.4 is 0 Å². The van der Waals surface area contributed by atoms with Crippen LogP contribution in [0.1, 0.15) is 0 Å². The number of imidazole rings is 1. The standard InChI is InChI=1S/C13H6ClF3N2S/c14-7-2-1-3-9-12(7)18-13(20)19(9)10-5-6(15)4-8(16)11(10)17/h1-5H,(H,18,20). The number of nitrogens with one attached hydrogen (secondary N) is 1. The van der Waals surface area contributed by atoms with Gasteiger partial charge in [0.05, 0.1) is 21.7 Å². The van der Waals surface area contributed by atoms with Crippen molar-refractivity contribution in [2.75, 3.05) is 0 Å². The van der Waals surface area contributed by atoms with E-state index in [1.54, 1.807) is 18.2 Å². The first kappa shape index (κ1) is 13.2.